The molecule has 0 fully saturated rings. The van der Waals surface area contributed by atoms with Gasteiger partial charge in [0.15, 0.2) is 0 Å². The van der Waals surface area contributed by atoms with Crippen LogP contribution in [0.4, 0.5) is 0 Å². The predicted octanol–water partition coefficient (Wildman–Crippen LogP) is 2.59. The molecule has 1 rings (SSSR count). The number of aldehydes is 1. The third-order valence-corrected chi connectivity index (χ3v) is 7.12. The van der Waals surface area contributed by atoms with E-state index in [1.807, 2.05) is 12.1 Å². The Balaban J connectivity index is 3.57. The highest BCUT2D eigenvalue weighted by Crippen LogP contribution is 2.09. The Bertz CT molecular complexity index is 397. The van der Waals surface area contributed by atoms with Crippen LogP contribution in [0.1, 0.15) is 10.4 Å². The first-order valence-corrected chi connectivity index (χ1v) is 12.8. The second-order valence-electron chi connectivity index (χ2n) is 6.39. The van der Waals surface area contributed by atoms with Gasteiger partial charge in [-0.05, 0) is 0 Å². The van der Waals surface area contributed by atoms with Gasteiger partial charge >= 0.3 is 0 Å². The predicted molar refractivity (Wildman–Crippen MR) is 77.8 cm³/mol. The molecule has 16 heavy (non-hydrogen) atoms. The highest BCUT2D eigenvalue weighted by molar-refractivity contribution is 6.99. The van der Waals surface area contributed by atoms with Crippen molar-refractivity contribution in [2.45, 2.75) is 39.3 Å². The molecular formula is C13H22OSi2. The van der Waals surface area contributed by atoms with Gasteiger partial charge in [0.2, 0.25) is 0 Å². The Morgan fingerprint density at radius 2 is 1.50 bits per heavy atom. The number of hydrogen-bond donors (Lipinski definition) is 0. The maximum atomic E-state index is 11.2. The van der Waals surface area contributed by atoms with Gasteiger partial charge < -0.3 is 0 Å². The number of hydrogen-bond acceptors (Lipinski definition) is 1. The average molecular weight is 250 g/mol. The highest BCUT2D eigenvalue weighted by Gasteiger charge is 2.29. The average Bonchev–Trinajstić information content (AvgIpc) is 2.13. The number of carbonyl (C=O) groups is 1. The van der Waals surface area contributed by atoms with E-state index in [1.165, 1.54) is 10.4 Å². The monoisotopic (exact) mass is 250 g/mol. The van der Waals surface area contributed by atoms with Crippen LogP contribution in [-0.4, -0.2) is 22.4 Å². The minimum atomic E-state index is -1.45. The fourth-order valence-electron chi connectivity index (χ4n) is 2.13. The van der Waals surface area contributed by atoms with Crippen molar-refractivity contribution >= 4 is 32.8 Å². The van der Waals surface area contributed by atoms with Crippen molar-refractivity contribution in [3.8, 4) is 0 Å². The summed E-state index contributed by atoms with van der Waals surface area (Å²) in [5, 5.41) is 2.85. The van der Waals surface area contributed by atoms with Crippen LogP contribution in [0.5, 0.6) is 0 Å². The van der Waals surface area contributed by atoms with Gasteiger partial charge in [-0.3, -0.25) is 4.79 Å². The van der Waals surface area contributed by atoms with Gasteiger partial charge in [0.1, 0.15) is 6.29 Å². The van der Waals surface area contributed by atoms with Gasteiger partial charge in [-0.25, -0.2) is 0 Å². The maximum absolute atomic E-state index is 11.2. The first-order chi connectivity index (χ1) is 7.18. The first kappa shape index (κ1) is 13.4. The number of carbonyl (C=O) groups excluding carboxylic acids is 1. The molecule has 0 aliphatic rings. The number of benzene rings is 1. The Morgan fingerprint density at radius 3 is 1.88 bits per heavy atom. The molecule has 0 aliphatic carbocycles. The normalized spacial score (nSPS) is 12.6. The fourth-order valence-corrected chi connectivity index (χ4v) is 7.77. The lowest BCUT2D eigenvalue weighted by Crippen LogP contribution is -2.57. The SMILES string of the molecule is C[Si](C)(C)c1cccc(C=O)c1[Si](C)(C)C. The minimum Gasteiger partial charge on any atom is -0.298 e. The molecule has 0 N–H and O–H groups in total. The van der Waals surface area contributed by atoms with Gasteiger partial charge in [0, 0.05) is 5.56 Å². The summed E-state index contributed by atoms with van der Waals surface area (Å²) in [6.45, 7) is 14.0. The van der Waals surface area contributed by atoms with Crippen molar-refractivity contribution in [1.29, 1.82) is 0 Å². The van der Waals surface area contributed by atoms with E-state index in [2.05, 4.69) is 45.3 Å². The molecule has 1 aromatic carbocycles. The molecule has 0 unspecified atom stereocenters. The van der Waals surface area contributed by atoms with E-state index in [1.54, 1.807) is 0 Å². The van der Waals surface area contributed by atoms with E-state index in [0.717, 1.165) is 11.8 Å². The van der Waals surface area contributed by atoms with Crippen LogP contribution in [0.2, 0.25) is 39.3 Å². The van der Waals surface area contributed by atoms with E-state index in [0.29, 0.717) is 0 Å². The second-order valence-corrected chi connectivity index (χ2v) is 16.4. The molecular weight excluding hydrogens is 228 g/mol. The largest absolute Gasteiger partial charge is 0.298 e. The zero-order chi connectivity index (χ0) is 12.6. The summed E-state index contributed by atoms with van der Waals surface area (Å²) in [4.78, 5) is 11.2. The molecule has 0 bridgehead atoms. The van der Waals surface area contributed by atoms with Gasteiger partial charge in [-0.15, -0.1) is 0 Å². The Labute approximate surface area is 101 Å². The lowest BCUT2D eigenvalue weighted by molar-refractivity contribution is 0.112. The van der Waals surface area contributed by atoms with Crippen molar-refractivity contribution in [2.24, 2.45) is 0 Å². The lowest BCUT2D eigenvalue weighted by atomic mass is 10.2. The van der Waals surface area contributed by atoms with Crippen molar-refractivity contribution in [2.75, 3.05) is 0 Å². The van der Waals surface area contributed by atoms with Crippen molar-refractivity contribution in [3.63, 3.8) is 0 Å². The molecule has 0 spiro atoms. The van der Waals surface area contributed by atoms with Crippen LogP contribution in [0.3, 0.4) is 0 Å². The molecule has 0 amide bonds. The third kappa shape index (κ3) is 2.71. The molecule has 3 heteroatoms. The summed E-state index contributed by atoms with van der Waals surface area (Å²) in [5.74, 6) is 0. The quantitative estimate of drug-likeness (QED) is 0.595. The third-order valence-electron chi connectivity index (χ3n) is 2.78. The van der Waals surface area contributed by atoms with E-state index < -0.39 is 16.1 Å². The van der Waals surface area contributed by atoms with Gasteiger partial charge in [0.25, 0.3) is 0 Å². The summed E-state index contributed by atoms with van der Waals surface area (Å²) in [6, 6.07) is 6.22. The van der Waals surface area contributed by atoms with Crippen molar-refractivity contribution < 1.29 is 4.79 Å². The fraction of sp³-hybridized carbons (Fsp3) is 0.462. The van der Waals surface area contributed by atoms with Crippen LogP contribution in [0.25, 0.3) is 0 Å². The van der Waals surface area contributed by atoms with E-state index >= 15 is 0 Å². The van der Waals surface area contributed by atoms with Crippen LogP contribution >= 0.6 is 0 Å². The van der Waals surface area contributed by atoms with Crippen LogP contribution in [0.15, 0.2) is 18.2 Å². The molecule has 88 valence electrons. The summed E-state index contributed by atoms with van der Waals surface area (Å²) < 4.78 is 0. The summed E-state index contributed by atoms with van der Waals surface area (Å²) >= 11 is 0. The molecule has 0 aromatic heterocycles. The summed E-state index contributed by atoms with van der Waals surface area (Å²) in [7, 11) is -2.81. The Morgan fingerprint density at radius 1 is 0.938 bits per heavy atom. The molecule has 0 saturated carbocycles. The van der Waals surface area contributed by atoms with E-state index in [-0.39, 0.29) is 0 Å². The number of rotatable bonds is 3. The van der Waals surface area contributed by atoms with Crippen molar-refractivity contribution in [3.05, 3.63) is 23.8 Å². The van der Waals surface area contributed by atoms with Gasteiger partial charge in [-0.2, -0.15) is 0 Å². The van der Waals surface area contributed by atoms with Gasteiger partial charge in [-0.1, -0.05) is 67.9 Å². The van der Waals surface area contributed by atoms with E-state index in [4.69, 9.17) is 0 Å². The van der Waals surface area contributed by atoms with Gasteiger partial charge in [0.05, 0.1) is 16.1 Å². The van der Waals surface area contributed by atoms with Crippen LogP contribution in [0, 0.1) is 0 Å². The smallest absolute Gasteiger partial charge is 0.149 e. The minimum absolute atomic E-state index is 0.916. The van der Waals surface area contributed by atoms with E-state index in [9.17, 15) is 4.79 Å². The van der Waals surface area contributed by atoms with Crippen molar-refractivity contribution in [1.82, 2.24) is 0 Å². The van der Waals surface area contributed by atoms with Crippen LogP contribution in [-0.2, 0) is 0 Å². The molecule has 0 radical (unpaired) electrons. The molecule has 0 atom stereocenters. The molecule has 0 saturated heterocycles. The summed E-state index contributed by atoms with van der Waals surface area (Å²) in [6.07, 6.45) is 1.03. The standard InChI is InChI=1S/C13H22OSi2/c1-15(2,3)12-9-7-8-11(10-14)13(12)16(4,5)6/h7-10H,1-6H3. The molecule has 1 nitrogen and oxygen atoms in total. The zero-order valence-corrected chi connectivity index (χ0v) is 13.2. The maximum Gasteiger partial charge on any atom is 0.149 e. The highest BCUT2D eigenvalue weighted by atomic mass is 28.3. The Hall–Kier alpha value is -0.676. The van der Waals surface area contributed by atoms with Crippen LogP contribution < -0.4 is 10.4 Å². The second kappa shape index (κ2) is 4.30. The molecule has 0 aliphatic heterocycles. The lowest BCUT2D eigenvalue weighted by Gasteiger charge is -2.29. The molecule has 0 heterocycles. The topological polar surface area (TPSA) is 17.1 Å². The summed E-state index contributed by atoms with van der Waals surface area (Å²) in [5.41, 5.74) is 0.916. The molecule has 1 aromatic rings. The first-order valence-electron chi connectivity index (χ1n) is 5.77. The zero-order valence-electron chi connectivity index (χ0n) is 11.2. The Kier molecular flexibility index (Phi) is 3.60.